The molecule has 10 aromatic rings. The molecule has 60 heavy (non-hydrogen) atoms. The first-order chi connectivity index (χ1) is 29.7. The summed E-state index contributed by atoms with van der Waals surface area (Å²) in [5.41, 5.74) is 14.7. The average molecular weight is 771 g/mol. The van der Waals surface area contributed by atoms with Gasteiger partial charge in [-0.15, -0.1) is 0 Å². The Morgan fingerprint density at radius 2 is 0.967 bits per heavy atom. The van der Waals surface area contributed by atoms with Gasteiger partial charge in [-0.05, 0) is 118 Å². The summed E-state index contributed by atoms with van der Waals surface area (Å²) in [4.78, 5) is 2.45. The van der Waals surface area contributed by atoms with E-state index in [0.29, 0.717) is 0 Å². The lowest BCUT2D eigenvalue weighted by Crippen LogP contribution is -2.30. The van der Waals surface area contributed by atoms with Crippen LogP contribution in [0.15, 0.2) is 218 Å². The van der Waals surface area contributed by atoms with Gasteiger partial charge in [-0.3, -0.25) is 0 Å². The van der Waals surface area contributed by atoms with Gasteiger partial charge in [-0.2, -0.15) is 0 Å². The van der Waals surface area contributed by atoms with Gasteiger partial charge in [0.2, 0.25) is 0 Å². The maximum Gasteiger partial charge on any atom is 0.0541 e. The van der Waals surface area contributed by atoms with Crippen LogP contribution in [0.5, 0.6) is 0 Å². The summed E-state index contributed by atoms with van der Waals surface area (Å²) in [6, 6.07) is 80.6. The zero-order valence-electron chi connectivity index (χ0n) is 33.7. The summed E-state index contributed by atoms with van der Waals surface area (Å²) in [7, 11) is 0. The van der Waals surface area contributed by atoms with Crippen molar-refractivity contribution in [3.63, 3.8) is 0 Å². The van der Waals surface area contributed by atoms with Crippen LogP contribution in [0, 0.1) is 0 Å². The zero-order valence-corrected chi connectivity index (χ0v) is 33.7. The van der Waals surface area contributed by atoms with E-state index >= 15 is 0 Å². The number of fused-ring (bicyclic) bond motifs is 4. The Morgan fingerprint density at radius 1 is 0.383 bits per heavy atom. The molecule has 2 nitrogen and oxygen atoms in total. The van der Waals surface area contributed by atoms with E-state index in [2.05, 4.69) is 228 Å². The first-order valence-corrected chi connectivity index (χ1v) is 21.5. The van der Waals surface area contributed by atoms with E-state index in [1.54, 1.807) is 0 Å². The average Bonchev–Trinajstić information content (AvgIpc) is 3.66. The minimum atomic E-state index is 0.0437. The summed E-state index contributed by atoms with van der Waals surface area (Å²) in [5, 5.41) is 5.01. The van der Waals surface area contributed by atoms with Crippen molar-refractivity contribution < 1.29 is 0 Å². The lowest BCUT2D eigenvalue weighted by molar-refractivity contribution is 0.346. The number of nitrogens with zero attached hydrogens (tertiary/aromatic N) is 2. The van der Waals surface area contributed by atoms with E-state index in [-0.39, 0.29) is 5.41 Å². The predicted molar refractivity (Wildman–Crippen MR) is 254 cm³/mol. The predicted octanol–water partition coefficient (Wildman–Crippen LogP) is 16.0. The molecule has 11 rings (SSSR count). The van der Waals surface area contributed by atoms with Gasteiger partial charge < -0.3 is 9.47 Å². The second-order valence-electron chi connectivity index (χ2n) is 16.4. The first-order valence-electron chi connectivity index (χ1n) is 21.5. The van der Waals surface area contributed by atoms with Crippen molar-refractivity contribution in [2.45, 2.75) is 37.5 Å². The van der Waals surface area contributed by atoms with E-state index < -0.39 is 0 Å². The number of hydrogen-bond acceptors (Lipinski definition) is 1. The Morgan fingerprint density at radius 3 is 1.75 bits per heavy atom. The molecule has 288 valence electrons. The monoisotopic (exact) mass is 770 g/mol. The summed E-state index contributed by atoms with van der Waals surface area (Å²) in [6.45, 7) is 0. The standard InChI is InChI=1S/C58H46N2/c1-4-18-47(19-5-1)58(38-14-3-15-39-58)48-31-35-51(36-32-48)59(55-24-12-10-22-52(55)46-27-26-42-16-8-9-17-44(42)40-46)50-33-28-43(29-34-50)45-30-37-57-54(41-45)53-23-11-13-25-56(53)60(57)49-20-6-2-7-21-49/h1-2,4-13,16-37,40-41H,3,14-15,38-39H2. The van der Waals surface area contributed by atoms with E-state index in [9.17, 15) is 0 Å². The first kappa shape index (κ1) is 36.0. The maximum atomic E-state index is 2.45. The number of rotatable bonds is 8. The second-order valence-corrected chi connectivity index (χ2v) is 16.4. The Bertz CT molecular complexity index is 3100. The van der Waals surface area contributed by atoms with Gasteiger partial charge in [0.05, 0.1) is 16.7 Å². The molecule has 1 aliphatic carbocycles. The molecule has 0 unspecified atom stereocenters. The third kappa shape index (κ3) is 6.28. The van der Waals surface area contributed by atoms with Gasteiger partial charge in [0, 0.05) is 38.8 Å². The smallest absolute Gasteiger partial charge is 0.0541 e. The number of aromatic nitrogens is 1. The largest absolute Gasteiger partial charge is 0.310 e. The van der Waals surface area contributed by atoms with Gasteiger partial charge in [0.25, 0.3) is 0 Å². The molecule has 0 aliphatic heterocycles. The van der Waals surface area contributed by atoms with Crippen LogP contribution in [0.3, 0.4) is 0 Å². The van der Waals surface area contributed by atoms with Crippen molar-refractivity contribution in [3.8, 4) is 27.9 Å². The fourth-order valence-electron chi connectivity index (χ4n) is 10.1. The van der Waals surface area contributed by atoms with Crippen LogP contribution in [-0.2, 0) is 5.41 Å². The van der Waals surface area contributed by atoms with Crippen LogP contribution in [0.25, 0.3) is 60.5 Å². The fraction of sp³-hybridized carbons (Fsp3) is 0.103. The van der Waals surface area contributed by atoms with Crippen LogP contribution in [0.1, 0.15) is 43.2 Å². The van der Waals surface area contributed by atoms with Crippen molar-refractivity contribution in [1.29, 1.82) is 0 Å². The molecule has 0 N–H and O–H groups in total. The Kier molecular flexibility index (Phi) is 9.12. The molecule has 1 saturated carbocycles. The maximum absolute atomic E-state index is 2.45. The third-order valence-electron chi connectivity index (χ3n) is 13.1. The van der Waals surface area contributed by atoms with Crippen molar-refractivity contribution in [2.75, 3.05) is 4.90 Å². The fourth-order valence-corrected chi connectivity index (χ4v) is 10.1. The second kappa shape index (κ2) is 15.2. The lowest BCUT2D eigenvalue weighted by atomic mass is 9.65. The SMILES string of the molecule is c1ccc(-n2c3ccccc3c3cc(-c4ccc(N(c5ccc(C6(c7ccccc7)CCCCC6)cc5)c5ccccc5-c5ccc6ccccc6c5)cc4)ccc32)cc1. The molecule has 0 radical (unpaired) electrons. The van der Waals surface area contributed by atoms with Gasteiger partial charge in [-0.1, -0.05) is 171 Å². The number of para-hydroxylation sites is 3. The molecule has 0 spiro atoms. The zero-order chi connectivity index (χ0) is 39.9. The summed E-state index contributed by atoms with van der Waals surface area (Å²) in [5.74, 6) is 0. The van der Waals surface area contributed by atoms with Crippen LogP contribution in [0.4, 0.5) is 17.1 Å². The highest BCUT2D eigenvalue weighted by Gasteiger charge is 2.35. The van der Waals surface area contributed by atoms with E-state index in [4.69, 9.17) is 0 Å². The van der Waals surface area contributed by atoms with E-state index in [0.717, 1.165) is 17.1 Å². The molecule has 1 aliphatic rings. The summed E-state index contributed by atoms with van der Waals surface area (Å²) < 4.78 is 2.38. The molecule has 0 bridgehead atoms. The minimum absolute atomic E-state index is 0.0437. The highest BCUT2D eigenvalue weighted by molar-refractivity contribution is 6.10. The molecule has 9 aromatic carbocycles. The van der Waals surface area contributed by atoms with Crippen molar-refractivity contribution in [2.24, 2.45) is 0 Å². The number of benzene rings is 9. The summed E-state index contributed by atoms with van der Waals surface area (Å²) in [6.07, 6.45) is 6.20. The number of hydrogen-bond donors (Lipinski definition) is 0. The third-order valence-corrected chi connectivity index (χ3v) is 13.1. The highest BCUT2D eigenvalue weighted by Crippen LogP contribution is 2.47. The molecule has 1 aromatic heterocycles. The molecule has 0 amide bonds. The Labute approximate surface area is 352 Å². The van der Waals surface area contributed by atoms with E-state index in [1.807, 2.05) is 0 Å². The van der Waals surface area contributed by atoms with Gasteiger partial charge >= 0.3 is 0 Å². The molecule has 2 heteroatoms. The highest BCUT2D eigenvalue weighted by atomic mass is 15.1. The quantitative estimate of drug-likeness (QED) is 0.149. The van der Waals surface area contributed by atoms with Crippen LogP contribution >= 0.6 is 0 Å². The van der Waals surface area contributed by atoms with Crippen LogP contribution in [-0.4, -0.2) is 4.57 Å². The number of anilines is 3. The molecule has 1 fully saturated rings. The molecule has 0 saturated heterocycles. The van der Waals surface area contributed by atoms with Crippen LogP contribution in [0.2, 0.25) is 0 Å². The molecule has 1 heterocycles. The van der Waals surface area contributed by atoms with Gasteiger partial charge in [-0.25, -0.2) is 0 Å². The summed E-state index contributed by atoms with van der Waals surface area (Å²) >= 11 is 0. The topological polar surface area (TPSA) is 8.17 Å². The Hall–Kier alpha value is -7.16. The van der Waals surface area contributed by atoms with Gasteiger partial charge in [0.15, 0.2) is 0 Å². The van der Waals surface area contributed by atoms with E-state index in [1.165, 1.54) is 104 Å². The normalized spacial score (nSPS) is 13.8. The van der Waals surface area contributed by atoms with Gasteiger partial charge in [0.1, 0.15) is 0 Å². The minimum Gasteiger partial charge on any atom is -0.310 e. The molecular weight excluding hydrogens is 725 g/mol. The molecular formula is C58H46N2. The van der Waals surface area contributed by atoms with Crippen molar-refractivity contribution >= 4 is 49.6 Å². The molecule has 0 atom stereocenters. The van der Waals surface area contributed by atoms with Crippen molar-refractivity contribution in [1.82, 2.24) is 4.57 Å². The van der Waals surface area contributed by atoms with Crippen molar-refractivity contribution in [3.05, 3.63) is 230 Å². The Balaban J connectivity index is 1.02. The lowest BCUT2D eigenvalue weighted by Gasteiger charge is -2.39. The van der Waals surface area contributed by atoms with Crippen LogP contribution < -0.4 is 4.90 Å².